The van der Waals surface area contributed by atoms with Crippen LogP contribution in [0.25, 0.3) is 5.82 Å². The highest BCUT2D eigenvalue weighted by molar-refractivity contribution is 6.31. The van der Waals surface area contributed by atoms with Crippen LogP contribution in [0, 0.1) is 0 Å². The fraction of sp³-hybridized carbons (Fsp3) is 0.167. The summed E-state index contributed by atoms with van der Waals surface area (Å²) in [4.78, 5) is 40.1. The van der Waals surface area contributed by atoms with E-state index in [4.69, 9.17) is 11.6 Å². The van der Waals surface area contributed by atoms with Gasteiger partial charge in [0.2, 0.25) is 0 Å². The standard InChI is InChI=1S/C18H16ClN5O3/c1-23-16(25)11-21-24(18(23)27)15-8-4-7-14(22-15)17(26)20-10-9-12-5-2-3-6-13(12)19/h2-8,11H,9-10H2,1H3,(H,20,26). The molecule has 1 N–H and O–H groups in total. The number of hydrogen-bond acceptors (Lipinski definition) is 5. The maximum atomic E-state index is 12.3. The minimum Gasteiger partial charge on any atom is -0.350 e. The maximum Gasteiger partial charge on any atom is 0.353 e. The number of halogens is 1. The zero-order chi connectivity index (χ0) is 19.4. The minimum atomic E-state index is -0.647. The molecule has 9 heteroatoms. The largest absolute Gasteiger partial charge is 0.353 e. The van der Waals surface area contributed by atoms with Crippen molar-refractivity contribution in [2.45, 2.75) is 6.42 Å². The molecular weight excluding hydrogens is 370 g/mol. The second-order valence-electron chi connectivity index (χ2n) is 5.71. The fourth-order valence-electron chi connectivity index (χ4n) is 2.41. The quantitative estimate of drug-likeness (QED) is 0.705. The number of amides is 1. The van der Waals surface area contributed by atoms with E-state index in [1.807, 2.05) is 18.2 Å². The molecule has 2 heterocycles. The number of benzene rings is 1. The monoisotopic (exact) mass is 385 g/mol. The highest BCUT2D eigenvalue weighted by atomic mass is 35.5. The van der Waals surface area contributed by atoms with Gasteiger partial charge in [0.15, 0.2) is 5.82 Å². The summed E-state index contributed by atoms with van der Waals surface area (Å²) in [6, 6.07) is 12.1. The fourth-order valence-corrected chi connectivity index (χ4v) is 2.64. The van der Waals surface area contributed by atoms with Crippen LogP contribution in [0.5, 0.6) is 0 Å². The topological polar surface area (TPSA) is 98.9 Å². The highest BCUT2D eigenvalue weighted by Gasteiger charge is 2.11. The van der Waals surface area contributed by atoms with Gasteiger partial charge in [-0.1, -0.05) is 35.9 Å². The van der Waals surface area contributed by atoms with E-state index >= 15 is 0 Å². The van der Waals surface area contributed by atoms with Gasteiger partial charge >= 0.3 is 5.69 Å². The van der Waals surface area contributed by atoms with Crippen molar-refractivity contribution in [1.29, 1.82) is 0 Å². The Kier molecular flexibility index (Phi) is 5.46. The lowest BCUT2D eigenvalue weighted by molar-refractivity contribution is 0.0949. The predicted octanol–water partition coefficient (Wildman–Crippen LogP) is 0.952. The van der Waals surface area contributed by atoms with Crippen LogP contribution in [0.2, 0.25) is 5.02 Å². The molecule has 2 aromatic heterocycles. The van der Waals surface area contributed by atoms with Gasteiger partial charge in [0.25, 0.3) is 11.5 Å². The summed E-state index contributed by atoms with van der Waals surface area (Å²) in [5, 5.41) is 7.19. The molecule has 0 radical (unpaired) electrons. The van der Waals surface area contributed by atoms with Crippen molar-refractivity contribution >= 4 is 17.5 Å². The highest BCUT2D eigenvalue weighted by Crippen LogP contribution is 2.14. The van der Waals surface area contributed by atoms with Crippen molar-refractivity contribution in [3.8, 4) is 5.82 Å². The molecule has 0 aliphatic rings. The summed E-state index contributed by atoms with van der Waals surface area (Å²) in [6.45, 7) is 0.381. The van der Waals surface area contributed by atoms with Gasteiger partial charge in [-0.25, -0.2) is 9.78 Å². The molecule has 0 saturated heterocycles. The molecule has 1 amide bonds. The molecule has 8 nitrogen and oxygen atoms in total. The van der Waals surface area contributed by atoms with Crippen LogP contribution < -0.4 is 16.6 Å². The molecule has 0 fully saturated rings. The summed E-state index contributed by atoms with van der Waals surface area (Å²) in [6.07, 6.45) is 1.59. The second kappa shape index (κ2) is 7.96. The van der Waals surface area contributed by atoms with Crippen molar-refractivity contribution < 1.29 is 4.79 Å². The van der Waals surface area contributed by atoms with Gasteiger partial charge in [-0.15, -0.1) is 0 Å². The third-order valence-electron chi connectivity index (χ3n) is 3.90. The summed E-state index contributed by atoms with van der Waals surface area (Å²) in [5.41, 5.74) is -0.104. The van der Waals surface area contributed by atoms with Gasteiger partial charge in [0, 0.05) is 18.6 Å². The summed E-state index contributed by atoms with van der Waals surface area (Å²) < 4.78 is 1.87. The molecular formula is C18H16ClN5O3. The molecule has 0 bridgehead atoms. The predicted molar refractivity (Wildman–Crippen MR) is 100 cm³/mol. The Bertz CT molecular complexity index is 1110. The first-order chi connectivity index (χ1) is 13.0. The third-order valence-corrected chi connectivity index (χ3v) is 4.27. The van der Waals surface area contributed by atoms with Crippen LogP contribution in [0.4, 0.5) is 0 Å². The van der Waals surface area contributed by atoms with Crippen LogP contribution in [0.3, 0.4) is 0 Å². The van der Waals surface area contributed by atoms with Crippen molar-refractivity contribution in [1.82, 2.24) is 24.6 Å². The molecule has 27 heavy (non-hydrogen) atoms. The lowest BCUT2D eigenvalue weighted by atomic mass is 10.1. The Morgan fingerprint density at radius 2 is 1.93 bits per heavy atom. The summed E-state index contributed by atoms with van der Waals surface area (Å²) in [7, 11) is 1.34. The van der Waals surface area contributed by atoms with E-state index in [-0.39, 0.29) is 17.4 Å². The number of carbonyl (C=O) groups excluding carboxylic acids is 1. The van der Waals surface area contributed by atoms with E-state index in [1.54, 1.807) is 12.1 Å². The Balaban J connectivity index is 1.75. The first-order valence-electron chi connectivity index (χ1n) is 8.12. The zero-order valence-electron chi connectivity index (χ0n) is 14.4. The number of aromatic nitrogens is 4. The second-order valence-corrected chi connectivity index (χ2v) is 6.12. The van der Waals surface area contributed by atoms with E-state index < -0.39 is 11.2 Å². The van der Waals surface area contributed by atoms with E-state index in [0.717, 1.165) is 21.0 Å². The minimum absolute atomic E-state index is 0.134. The number of hydrogen-bond donors (Lipinski definition) is 1. The van der Waals surface area contributed by atoms with Gasteiger partial charge in [-0.3, -0.25) is 14.2 Å². The molecule has 0 aliphatic heterocycles. The Hall–Kier alpha value is -3.26. The van der Waals surface area contributed by atoms with E-state index in [9.17, 15) is 14.4 Å². The van der Waals surface area contributed by atoms with E-state index in [0.29, 0.717) is 18.0 Å². The SMILES string of the molecule is Cn1c(=O)cnn(-c2cccc(C(=O)NCCc3ccccc3Cl)n2)c1=O. The number of rotatable bonds is 5. The van der Waals surface area contributed by atoms with E-state index in [1.165, 1.54) is 19.2 Å². The lowest BCUT2D eigenvalue weighted by Gasteiger charge is -2.08. The average molecular weight is 386 g/mol. The van der Waals surface area contributed by atoms with Gasteiger partial charge in [-0.2, -0.15) is 9.78 Å². The molecule has 3 aromatic rings. The number of carbonyl (C=O) groups is 1. The summed E-state index contributed by atoms with van der Waals surface area (Å²) in [5.74, 6) is -0.240. The average Bonchev–Trinajstić information content (AvgIpc) is 2.68. The molecule has 138 valence electrons. The molecule has 0 aliphatic carbocycles. The van der Waals surface area contributed by atoms with Crippen molar-refractivity contribution in [2.75, 3.05) is 6.54 Å². The van der Waals surface area contributed by atoms with Crippen LogP contribution in [0.15, 0.2) is 58.3 Å². The molecule has 0 unspecified atom stereocenters. The van der Waals surface area contributed by atoms with Gasteiger partial charge in [-0.05, 0) is 30.2 Å². The zero-order valence-corrected chi connectivity index (χ0v) is 15.2. The van der Waals surface area contributed by atoms with Crippen LogP contribution in [-0.2, 0) is 13.5 Å². The van der Waals surface area contributed by atoms with Crippen LogP contribution >= 0.6 is 11.6 Å². The Labute approximate surface area is 159 Å². The van der Waals surface area contributed by atoms with Crippen LogP contribution in [0.1, 0.15) is 16.1 Å². The Morgan fingerprint density at radius 3 is 2.70 bits per heavy atom. The van der Waals surface area contributed by atoms with Gasteiger partial charge in [0.05, 0.1) is 0 Å². The summed E-state index contributed by atoms with van der Waals surface area (Å²) >= 11 is 6.10. The molecule has 0 atom stereocenters. The molecule has 0 saturated carbocycles. The van der Waals surface area contributed by atoms with Crippen molar-refractivity contribution in [2.24, 2.45) is 7.05 Å². The number of nitrogens with zero attached hydrogens (tertiary/aromatic N) is 4. The molecule has 0 spiro atoms. The number of nitrogens with one attached hydrogen (secondary N) is 1. The van der Waals surface area contributed by atoms with E-state index in [2.05, 4.69) is 15.4 Å². The van der Waals surface area contributed by atoms with Gasteiger partial charge in [0.1, 0.15) is 11.9 Å². The first-order valence-corrected chi connectivity index (χ1v) is 8.49. The van der Waals surface area contributed by atoms with Crippen molar-refractivity contribution in [3.05, 3.63) is 85.8 Å². The molecule has 1 aromatic carbocycles. The van der Waals surface area contributed by atoms with Crippen molar-refractivity contribution in [3.63, 3.8) is 0 Å². The maximum absolute atomic E-state index is 12.3. The first kappa shape index (κ1) is 18.5. The number of pyridine rings is 1. The lowest BCUT2D eigenvalue weighted by Crippen LogP contribution is -2.38. The normalized spacial score (nSPS) is 10.6. The Morgan fingerprint density at radius 1 is 1.15 bits per heavy atom. The third kappa shape index (κ3) is 4.12. The smallest absolute Gasteiger partial charge is 0.350 e. The van der Waals surface area contributed by atoms with Crippen LogP contribution in [-0.4, -0.2) is 31.8 Å². The van der Waals surface area contributed by atoms with Gasteiger partial charge < -0.3 is 5.32 Å². The molecule has 3 rings (SSSR count).